The Morgan fingerprint density at radius 1 is 1.35 bits per heavy atom. The number of likely N-dealkylation sites (tertiary alicyclic amines) is 1. The molecule has 2 N–H and O–H groups in total. The lowest BCUT2D eigenvalue weighted by Crippen LogP contribution is -2.46. The van der Waals surface area contributed by atoms with Crippen LogP contribution in [-0.2, 0) is 9.53 Å². The molecule has 2 saturated heterocycles. The normalized spacial score (nSPS) is 25.4. The van der Waals surface area contributed by atoms with Crippen LogP contribution in [0, 0.1) is 11.8 Å². The minimum Gasteiger partial charge on any atom is -0.481 e. The molecule has 0 saturated carbocycles. The molecule has 2 aliphatic heterocycles. The predicted molar refractivity (Wildman–Crippen MR) is 73.5 cm³/mol. The van der Waals surface area contributed by atoms with Gasteiger partial charge in [-0.2, -0.15) is 0 Å². The van der Waals surface area contributed by atoms with Crippen molar-refractivity contribution in [1.29, 1.82) is 0 Å². The molecule has 0 spiro atoms. The van der Waals surface area contributed by atoms with Gasteiger partial charge < -0.3 is 20.1 Å². The van der Waals surface area contributed by atoms with Crippen molar-refractivity contribution in [1.82, 2.24) is 10.2 Å². The van der Waals surface area contributed by atoms with Crippen molar-refractivity contribution in [2.24, 2.45) is 11.8 Å². The lowest BCUT2D eigenvalue weighted by molar-refractivity contribution is -0.138. The van der Waals surface area contributed by atoms with E-state index in [1.807, 2.05) is 6.92 Å². The summed E-state index contributed by atoms with van der Waals surface area (Å²) in [6.45, 7) is 4.80. The van der Waals surface area contributed by atoms with E-state index in [0.29, 0.717) is 19.0 Å². The third-order valence-corrected chi connectivity index (χ3v) is 4.36. The second-order valence-electron chi connectivity index (χ2n) is 5.89. The van der Waals surface area contributed by atoms with Crippen molar-refractivity contribution in [3.05, 3.63) is 0 Å². The van der Waals surface area contributed by atoms with Gasteiger partial charge in [0, 0.05) is 38.8 Å². The Kier molecular flexibility index (Phi) is 5.23. The average Bonchev–Trinajstić information content (AvgIpc) is 2.87. The molecule has 20 heavy (non-hydrogen) atoms. The summed E-state index contributed by atoms with van der Waals surface area (Å²) in [5, 5.41) is 11.8. The molecule has 0 aromatic carbocycles. The zero-order valence-corrected chi connectivity index (χ0v) is 12.0. The lowest BCUT2D eigenvalue weighted by atomic mass is 9.93. The van der Waals surface area contributed by atoms with Gasteiger partial charge in [0.05, 0.1) is 0 Å². The van der Waals surface area contributed by atoms with Crippen LogP contribution in [0.3, 0.4) is 0 Å². The molecule has 2 rings (SSSR count). The number of carboxylic acid groups (broad SMARTS) is 1. The number of aliphatic carboxylic acids is 1. The summed E-state index contributed by atoms with van der Waals surface area (Å²) in [6, 6.07) is 0.0850. The largest absolute Gasteiger partial charge is 0.481 e. The van der Waals surface area contributed by atoms with Gasteiger partial charge in [0.1, 0.15) is 0 Å². The highest BCUT2D eigenvalue weighted by molar-refractivity contribution is 5.75. The number of ether oxygens (including phenoxy) is 1. The van der Waals surface area contributed by atoms with Crippen LogP contribution in [0.4, 0.5) is 4.79 Å². The summed E-state index contributed by atoms with van der Waals surface area (Å²) >= 11 is 0. The van der Waals surface area contributed by atoms with Crippen molar-refractivity contribution in [2.75, 3.05) is 26.3 Å². The van der Waals surface area contributed by atoms with Gasteiger partial charge in [0.25, 0.3) is 0 Å². The Labute approximate surface area is 119 Å². The predicted octanol–water partition coefficient (Wildman–Crippen LogP) is 1.31. The molecule has 6 heteroatoms. The van der Waals surface area contributed by atoms with Crippen LogP contribution in [-0.4, -0.2) is 54.4 Å². The van der Waals surface area contributed by atoms with Gasteiger partial charge in [-0.1, -0.05) is 0 Å². The molecule has 0 aromatic heterocycles. The van der Waals surface area contributed by atoms with Crippen molar-refractivity contribution < 1.29 is 19.4 Å². The van der Waals surface area contributed by atoms with Gasteiger partial charge >= 0.3 is 12.0 Å². The van der Waals surface area contributed by atoms with Crippen molar-refractivity contribution in [3.63, 3.8) is 0 Å². The van der Waals surface area contributed by atoms with Crippen LogP contribution in [0.25, 0.3) is 0 Å². The molecule has 2 unspecified atom stereocenters. The molecular formula is C14H24N2O4. The van der Waals surface area contributed by atoms with E-state index in [0.717, 1.165) is 32.5 Å². The Morgan fingerprint density at radius 2 is 2.05 bits per heavy atom. The Bertz CT molecular complexity index is 355. The highest BCUT2D eigenvalue weighted by Crippen LogP contribution is 2.21. The number of carboxylic acids is 1. The maximum Gasteiger partial charge on any atom is 0.317 e. The number of hydrogen-bond donors (Lipinski definition) is 2. The zero-order valence-electron chi connectivity index (χ0n) is 12.0. The fourth-order valence-electron chi connectivity index (χ4n) is 3.05. The van der Waals surface area contributed by atoms with Crippen molar-refractivity contribution in [3.8, 4) is 0 Å². The van der Waals surface area contributed by atoms with E-state index >= 15 is 0 Å². The molecule has 2 atom stereocenters. The molecule has 2 fully saturated rings. The van der Waals surface area contributed by atoms with E-state index in [1.165, 1.54) is 0 Å². The molecule has 2 amide bonds. The molecule has 6 nitrogen and oxygen atoms in total. The second kappa shape index (κ2) is 6.92. The van der Waals surface area contributed by atoms with Crippen LogP contribution >= 0.6 is 0 Å². The molecule has 0 aliphatic carbocycles. The van der Waals surface area contributed by atoms with E-state index < -0.39 is 5.97 Å². The minimum absolute atomic E-state index is 0.0584. The maximum atomic E-state index is 12.2. The standard InChI is InChI=1S/C14H24N2O4/c1-10(12-3-6-20-7-4-12)15-14(19)16-5-2-11(9-16)8-13(17)18/h10-12H,2-9H2,1H3,(H,15,19)(H,17,18). The number of hydrogen-bond acceptors (Lipinski definition) is 3. The fourth-order valence-corrected chi connectivity index (χ4v) is 3.05. The van der Waals surface area contributed by atoms with Gasteiger partial charge in [-0.3, -0.25) is 4.79 Å². The van der Waals surface area contributed by atoms with Crippen molar-refractivity contribution in [2.45, 2.75) is 38.6 Å². The van der Waals surface area contributed by atoms with Crippen molar-refractivity contribution >= 4 is 12.0 Å². The van der Waals surface area contributed by atoms with Crippen LogP contribution < -0.4 is 5.32 Å². The molecular weight excluding hydrogens is 260 g/mol. The number of amides is 2. The van der Waals surface area contributed by atoms with Crippen LogP contribution in [0.5, 0.6) is 0 Å². The first-order valence-electron chi connectivity index (χ1n) is 7.41. The number of urea groups is 1. The summed E-state index contributed by atoms with van der Waals surface area (Å²) in [7, 11) is 0. The number of nitrogens with one attached hydrogen (secondary N) is 1. The minimum atomic E-state index is -0.784. The quantitative estimate of drug-likeness (QED) is 0.816. The highest BCUT2D eigenvalue weighted by Gasteiger charge is 2.29. The number of carbonyl (C=O) groups is 2. The summed E-state index contributed by atoms with van der Waals surface area (Å²) in [4.78, 5) is 24.6. The number of nitrogens with zero attached hydrogens (tertiary/aromatic N) is 1. The first-order chi connectivity index (χ1) is 9.56. The monoisotopic (exact) mass is 284 g/mol. The number of carbonyl (C=O) groups excluding carboxylic acids is 1. The third kappa shape index (κ3) is 4.10. The smallest absolute Gasteiger partial charge is 0.317 e. The molecule has 0 aromatic rings. The van der Waals surface area contributed by atoms with Crippen LogP contribution in [0.15, 0.2) is 0 Å². The summed E-state index contributed by atoms with van der Waals surface area (Å²) in [6.07, 6.45) is 2.91. The summed E-state index contributed by atoms with van der Waals surface area (Å²) < 4.78 is 5.33. The van der Waals surface area contributed by atoms with Gasteiger partial charge in [0.2, 0.25) is 0 Å². The van der Waals surface area contributed by atoms with Crippen LogP contribution in [0.1, 0.15) is 32.6 Å². The van der Waals surface area contributed by atoms with E-state index in [-0.39, 0.29) is 24.4 Å². The highest BCUT2D eigenvalue weighted by atomic mass is 16.5. The Hall–Kier alpha value is -1.30. The molecule has 2 aliphatic rings. The second-order valence-corrected chi connectivity index (χ2v) is 5.89. The first-order valence-corrected chi connectivity index (χ1v) is 7.41. The Morgan fingerprint density at radius 3 is 2.70 bits per heavy atom. The third-order valence-electron chi connectivity index (χ3n) is 4.36. The van der Waals surface area contributed by atoms with Gasteiger partial charge in [-0.15, -0.1) is 0 Å². The van der Waals surface area contributed by atoms with E-state index in [2.05, 4.69) is 5.32 Å². The average molecular weight is 284 g/mol. The van der Waals surface area contributed by atoms with Crippen LogP contribution in [0.2, 0.25) is 0 Å². The summed E-state index contributed by atoms with van der Waals surface area (Å²) in [5.41, 5.74) is 0. The molecule has 2 heterocycles. The zero-order chi connectivity index (χ0) is 14.5. The SMILES string of the molecule is CC(NC(=O)N1CCC(CC(=O)O)C1)C1CCOCC1. The van der Waals surface area contributed by atoms with E-state index in [4.69, 9.17) is 9.84 Å². The maximum absolute atomic E-state index is 12.2. The summed E-state index contributed by atoms with van der Waals surface area (Å²) in [5.74, 6) is -0.213. The van der Waals surface area contributed by atoms with Gasteiger partial charge in [-0.05, 0) is 38.0 Å². The molecule has 114 valence electrons. The fraction of sp³-hybridized carbons (Fsp3) is 0.857. The lowest BCUT2D eigenvalue weighted by Gasteiger charge is -2.30. The Balaban J connectivity index is 1.75. The van der Waals surface area contributed by atoms with Gasteiger partial charge in [0.15, 0.2) is 0 Å². The van der Waals surface area contributed by atoms with Gasteiger partial charge in [-0.25, -0.2) is 4.79 Å². The van der Waals surface area contributed by atoms with E-state index in [9.17, 15) is 9.59 Å². The number of rotatable bonds is 4. The van der Waals surface area contributed by atoms with E-state index in [1.54, 1.807) is 4.90 Å². The topological polar surface area (TPSA) is 78.9 Å². The molecule has 0 bridgehead atoms. The molecule has 0 radical (unpaired) electrons. The first kappa shape index (κ1) is 15.1.